The van der Waals surface area contributed by atoms with Crippen molar-refractivity contribution < 1.29 is 4.74 Å². The first-order chi connectivity index (χ1) is 6.79. The van der Waals surface area contributed by atoms with Gasteiger partial charge in [0.1, 0.15) is 5.75 Å². The lowest BCUT2D eigenvalue weighted by atomic mass is 10.2. The van der Waals surface area contributed by atoms with Crippen LogP contribution >= 0.6 is 0 Å². The van der Waals surface area contributed by atoms with Gasteiger partial charge in [0.25, 0.3) is 0 Å². The molecule has 1 aliphatic rings. The highest BCUT2D eigenvalue weighted by Gasteiger charge is 2.32. The number of hydrogen-bond donors (Lipinski definition) is 0. The number of nitriles is 1. The van der Waals surface area contributed by atoms with Crippen LogP contribution in [-0.2, 0) is 0 Å². The molecule has 0 spiro atoms. The predicted octanol–water partition coefficient (Wildman–Crippen LogP) is 2.59. The molecule has 0 aliphatic heterocycles. The summed E-state index contributed by atoms with van der Waals surface area (Å²) in [5, 5.41) is 8.60. The fraction of sp³-hybridized carbons (Fsp3) is 0.417. The molecule has 0 heterocycles. The van der Waals surface area contributed by atoms with Gasteiger partial charge >= 0.3 is 0 Å². The number of nitrogens with zero attached hydrogens (tertiary/aromatic N) is 1. The molecule has 0 N–H and O–H groups in total. The average Bonchev–Trinajstić information content (AvgIpc) is 2.92. The van der Waals surface area contributed by atoms with Gasteiger partial charge in [-0.2, -0.15) is 5.26 Å². The number of hydrogen-bond acceptors (Lipinski definition) is 2. The topological polar surface area (TPSA) is 33.0 Å². The first kappa shape index (κ1) is 9.08. The molecule has 2 nitrogen and oxygen atoms in total. The van der Waals surface area contributed by atoms with E-state index in [9.17, 15) is 0 Å². The van der Waals surface area contributed by atoms with Crippen molar-refractivity contribution in [3.8, 4) is 11.8 Å². The second-order valence-corrected chi connectivity index (χ2v) is 3.92. The number of rotatable bonds is 3. The van der Waals surface area contributed by atoms with Crippen LogP contribution < -0.4 is 4.74 Å². The van der Waals surface area contributed by atoms with Crippen molar-refractivity contribution in [2.45, 2.75) is 13.3 Å². The molecule has 0 saturated heterocycles. The molecule has 1 aromatic carbocycles. The largest absolute Gasteiger partial charge is 0.493 e. The lowest BCUT2D eigenvalue weighted by molar-refractivity contribution is 0.293. The first-order valence-electron chi connectivity index (χ1n) is 4.92. The van der Waals surface area contributed by atoms with Crippen molar-refractivity contribution in [2.24, 2.45) is 11.8 Å². The monoisotopic (exact) mass is 187 g/mol. The van der Waals surface area contributed by atoms with E-state index in [1.54, 1.807) is 12.1 Å². The first-order valence-corrected chi connectivity index (χ1v) is 4.92. The highest BCUT2D eigenvalue weighted by Crippen LogP contribution is 2.37. The molecule has 0 amide bonds. The molecule has 0 bridgehead atoms. The molecule has 2 heteroatoms. The molecule has 2 rings (SSSR count). The fourth-order valence-electron chi connectivity index (χ4n) is 1.46. The SMILES string of the molecule is CC1CC1COc1ccc(C#N)cc1. The van der Waals surface area contributed by atoms with Crippen LogP contribution in [0.5, 0.6) is 5.75 Å². The Kier molecular flexibility index (Phi) is 2.41. The van der Waals surface area contributed by atoms with Gasteiger partial charge in [-0.15, -0.1) is 0 Å². The molecule has 1 fully saturated rings. The summed E-state index contributed by atoms with van der Waals surface area (Å²) in [4.78, 5) is 0. The summed E-state index contributed by atoms with van der Waals surface area (Å²) in [7, 11) is 0. The van der Waals surface area contributed by atoms with Gasteiger partial charge in [-0.1, -0.05) is 6.92 Å². The van der Waals surface area contributed by atoms with Crippen molar-refractivity contribution in [1.29, 1.82) is 5.26 Å². The Hall–Kier alpha value is -1.49. The molecule has 0 aromatic heterocycles. The van der Waals surface area contributed by atoms with E-state index in [-0.39, 0.29) is 0 Å². The van der Waals surface area contributed by atoms with Crippen LogP contribution in [0.2, 0.25) is 0 Å². The molecule has 1 saturated carbocycles. The second kappa shape index (κ2) is 3.71. The van der Waals surface area contributed by atoms with Gasteiger partial charge in [-0.3, -0.25) is 0 Å². The number of benzene rings is 1. The Labute approximate surface area is 84.1 Å². The Bertz CT molecular complexity index is 350. The Morgan fingerprint density at radius 2 is 2.07 bits per heavy atom. The predicted molar refractivity (Wildman–Crippen MR) is 53.9 cm³/mol. The minimum Gasteiger partial charge on any atom is -0.493 e. The van der Waals surface area contributed by atoms with Gasteiger partial charge in [0.15, 0.2) is 0 Å². The summed E-state index contributed by atoms with van der Waals surface area (Å²) in [6, 6.07) is 9.36. The van der Waals surface area contributed by atoms with Crippen molar-refractivity contribution >= 4 is 0 Å². The maximum Gasteiger partial charge on any atom is 0.119 e. The maximum atomic E-state index is 8.60. The van der Waals surface area contributed by atoms with Gasteiger partial charge in [-0.05, 0) is 42.5 Å². The smallest absolute Gasteiger partial charge is 0.119 e. The minimum atomic E-state index is 0.678. The molecule has 2 unspecified atom stereocenters. The highest BCUT2D eigenvalue weighted by atomic mass is 16.5. The minimum absolute atomic E-state index is 0.678. The summed E-state index contributed by atoms with van der Waals surface area (Å²) in [6.45, 7) is 3.06. The second-order valence-electron chi connectivity index (χ2n) is 3.92. The lowest BCUT2D eigenvalue weighted by Crippen LogP contribution is -2.00. The van der Waals surface area contributed by atoms with E-state index < -0.39 is 0 Å². The van der Waals surface area contributed by atoms with Crippen LogP contribution in [0.15, 0.2) is 24.3 Å². The normalized spacial score (nSPS) is 24.0. The molecule has 1 aromatic rings. The van der Waals surface area contributed by atoms with Crippen LogP contribution in [0.3, 0.4) is 0 Å². The van der Waals surface area contributed by atoms with E-state index >= 15 is 0 Å². The van der Waals surface area contributed by atoms with Crippen LogP contribution in [0.25, 0.3) is 0 Å². The van der Waals surface area contributed by atoms with Gasteiger partial charge < -0.3 is 4.74 Å². The summed E-state index contributed by atoms with van der Waals surface area (Å²) in [5.41, 5.74) is 0.678. The Balaban J connectivity index is 1.87. The summed E-state index contributed by atoms with van der Waals surface area (Å²) >= 11 is 0. The third-order valence-corrected chi connectivity index (χ3v) is 2.72. The number of ether oxygens (including phenoxy) is 1. The summed E-state index contributed by atoms with van der Waals surface area (Å²) < 4.78 is 5.59. The van der Waals surface area contributed by atoms with Crippen molar-refractivity contribution in [3.05, 3.63) is 29.8 Å². The summed E-state index contributed by atoms with van der Waals surface area (Å²) in [6.07, 6.45) is 1.29. The Morgan fingerprint density at radius 3 is 2.57 bits per heavy atom. The zero-order valence-electron chi connectivity index (χ0n) is 8.23. The van der Waals surface area contributed by atoms with Gasteiger partial charge in [0.05, 0.1) is 18.2 Å². The molecular weight excluding hydrogens is 174 g/mol. The van der Waals surface area contributed by atoms with Gasteiger partial charge in [0, 0.05) is 0 Å². The molecule has 14 heavy (non-hydrogen) atoms. The van der Waals surface area contributed by atoms with E-state index in [4.69, 9.17) is 10.00 Å². The van der Waals surface area contributed by atoms with E-state index in [0.717, 1.165) is 24.2 Å². The summed E-state index contributed by atoms with van der Waals surface area (Å²) in [5.74, 6) is 2.43. The quantitative estimate of drug-likeness (QED) is 0.728. The molecule has 72 valence electrons. The molecule has 2 atom stereocenters. The van der Waals surface area contributed by atoms with Gasteiger partial charge in [-0.25, -0.2) is 0 Å². The van der Waals surface area contributed by atoms with Crippen molar-refractivity contribution in [3.63, 3.8) is 0 Å². The van der Waals surface area contributed by atoms with E-state index in [0.29, 0.717) is 5.56 Å². The zero-order chi connectivity index (χ0) is 9.97. The van der Waals surface area contributed by atoms with Crippen molar-refractivity contribution in [1.82, 2.24) is 0 Å². The maximum absolute atomic E-state index is 8.60. The average molecular weight is 187 g/mol. The van der Waals surface area contributed by atoms with Crippen LogP contribution in [0, 0.1) is 23.2 Å². The van der Waals surface area contributed by atoms with E-state index in [2.05, 4.69) is 13.0 Å². The standard InChI is InChI=1S/C12H13NO/c1-9-6-11(9)8-14-12-4-2-10(7-13)3-5-12/h2-5,9,11H,6,8H2,1H3. The zero-order valence-corrected chi connectivity index (χ0v) is 8.23. The van der Waals surface area contributed by atoms with Crippen LogP contribution in [0.4, 0.5) is 0 Å². The Morgan fingerprint density at radius 1 is 1.43 bits per heavy atom. The van der Waals surface area contributed by atoms with Crippen molar-refractivity contribution in [2.75, 3.05) is 6.61 Å². The van der Waals surface area contributed by atoms with Crippen LogP contribution in [-0.4, -0.2) is 6.61 Å². The third-order valence-electron chi connectivity index (χ3n) is 2.72. The van der Waals surface area contributed by atoms with Crippen LogP contribution in [0.1, 0.15) is 18.9 Å². The van der Waals surface area contributed by atoms with E-state index in [1.807, 2.05) is 12.1 Å². The third kappa shape index (κ3) is 2.05. The van der Waals surface area contributed by atoms with Gasteiger partial charge in [0.2, 0.25) is 0 Å². The molecular formula is C12H13NO. The molecule has 1 aliphatic carbocycles. The molecule has 0 radical (unpaired) electrons. The lowest BCUT2D eigenvalue weighted by Gasteiger charge is -2.04. The highest BCUT2D eigenvalue weighted by molar-refractivity contribution is 5.34. The fourth-order valence-corrected chi connectivity index (χ4v) is 1.46. The van der Waals surface area contributed by atoms with E-state index in [1.165, 1.54) is 6.42 Å².